The van der Waals surface area contributed by atoms with Crippen LogP contribution in [0.4, 0.5) is 13.2 Å². The largest absolute Gasteiger partial charge is 0.446 e. The molecule has 1 heterocycles. The molecule has 0 saturated carbocycles. The fraction of sp³-hybridized carbons (Fsp3) is 0.556. The van der Waals surface area contributed by atoms with Gasteiger partial charge in [0.15, 0.2) is 0 Å². The van der Waals surface area contributed by atoms with E-state index in [9.17, 15) is 13.2 Å². The van der Waals surface area contributed by atoms with Gasteiger partial charge in [0.05, 0.1) is 0 Å². The van der Waals surface area contributed by atoms with Crippen LogP contribution in [-0.2, 0) is 0 Å². The number of hydrogen-bond donors (Lipinski definition) is 1. The van der Waals surface area contributed by atoms with Crippen LogP contribution in [0.3, 0.4) is 0 Å². The molecule has 25 heavy (non-hydrogen) atoms. The molecule has 1 aliphatic heterocycles. The van der Waals surface area contributed by atoms with Crippen LogP contribution in [0, 0.1) is 0 Å². The summed E-state index contributed by atoms with van der Waals surface area (Å²) in [5, 5.41) is 3.31. The fourth-order valence-corrected chi connectivity index (χ4v) is 3.85. The summed E-state index contributed by atoms with van der Waals surface area (Å²) >= 11 is 0.00495. The summed E-state index contributed by atoms with van der Waals surface area (Å²) in [6, 6.07) is 7.02. The molecule has 1 aromatic rings. The first-order chi connectivity index (χ1) is 11.5. The molecule has 0 aliphatic carbocycles. The minimum atomic E-state index is -4.26. The van der Waals surface area contributed by atoms with Crippen molar-refractivity contribution in [3.8, 4) is 0 Å². The zero-order chi connectivity index (χ0) is 17.4. The number of piperazine rings is 1. The van der Waals surface area contributed by atoms with E-state index in [0.717, 1.165) is 57.4 Å². The molecule has 1 fully saturated rings. The van der Waals surface area contributed by atoms with Crippen LogP contribution < -0.4 is 5.32 Å². The van der Waals surface area contributed by atoms with Crippen LogP contribution in [0.5, 0.6) is 0 Å². The van der Waals surface area contributed by atoms with Crippen molar-refractivity contribution in [3.05, 3.63) is 42.5 Å². The Labute approximate surface area is 158 Å². The van der Waals surface area contributed by atoms with E-state index in [1.54, 1.807) is 12.1 Å². The Hall–Kier alpha value is -0.690. The van der Waals surface area contributed by atoms with Crippen molar-refractivity contribution in [3.63, 3.8) is 0 Å². The first kappa shape index (κ1) is 22.4. The normalized spacial score (nSPS) is 16.9. The van der Waals surface area contributed by atoms with Crippen molar-refractivity contribution in [1.29, 1.82) is 0 Å². The van der Waals surface area contributed by atoms with Gasteiger partial charge in [-0.05, 0) is 42.7 Å². The van der Waals surface area contributed by atoms with Crippen LogP contribution >= 0.6 is 24.2 Å². The average Bonchev–Trinajstić information content (AvgIpc) is 2.55. The maximum atomic E-state index is 12.9. The van der Waals surface area contributed by atoms with E-state index in [1.165, 1.54) is 0 Å². The number of hydrogen-bond acceptors (Lipinski definition) is 3. The Morgan fingerprint density at radius 2 is 1.88 bits per heavy atom. The van der Waals surface area contributed by atoms with Gasteiger partial charge in [-0.1, -0.05) is 30.7 Å². The molecule has 0 spiro atoms. The molecule has 7 heteroatoms. The van der Waals surface area contributed by atoms with Gasteiger partial charge in [-0.2, -0.15) is 13.2 Å². The van der Waals surface area contributed by atoms with Crippen LogP contribution in [0.2, 0.25) is 0 Å². The summed E-state index contributed by atoms with van der Waals surface area (Å²) < 4.78 is 38.7. The van der Waals surface area contributed by atoms with Gasteiger partial charge < -0.3 is 5.32 Å². The lowest BCUT2D eigenvalue weighted by atomic mass is 9.98. The van der Waals surface area contributed by atoms with Crippen LogP contribution in [0.1, 0.15) is 37.3 Å². The highest BCUT2D eigenvalue weighted by Crippen LogP contribution is 2.42. The Morgan fingerprint density at radius 3 is 2.52 bits per heavy atom. The number of unbranched alkanes of at least 4 members (excludes halogenated alkanes) is 2. The standard InChI is InChI=1S/C18H25F3N2S.ClH/c1-2-3-4-5-9-16(23-13-11-22-12-14-23)15-8-6-7-10-17(15)24-18(19,20)21;/h2,6-8,10,16,22H,1,3-5,9,11-14H2;1H/t16-;/m1./s1. The van der Waals surface area contributed by atoms with Crippen molar-refractivity contribution in [2.75, 3.05) is 26.2 Å². The number of alkyl halides is 3. The van der Waals surface area contributed by atoms with Gasteiger partial charge in [0.1, 0.15) is 0 Å². The summed E-state index contributed by atoms with van der Waals surface area (Å²) in [7, 11) is 0. The minimum absolute atomic E-state index is 0. The second-order valence-corrected chi connectivity index (χ2v) is 7.07. The SMILES string of the molecule is C=CCCCC[C@H](c1ccccc1SC(F)(F)F)N1CCNCC1.Cl. The van der Waals surface area contributed by atoms with Crippen LogP contribution in [0.15, 0.2) is 41.8 Å². The summed E-state index contributed by atoms with van der Waals surface area (Å²) in [5.41, 5.74) is -3.45. The Bertz CT molecular complexity index is 519. The van der Waals surface area contributed by atoms with E-state index in [0.29, 0.717) is 4.90 Å². The van der Waals surface area contributed by atoms with E-state index in [2.05, 4.69) is 16.8 Å². The van der Waals surface area contributed by atoms with E-state index in [1.807, 2.05) is 18.2 Å². The second kappa shape index (κ2) is 11.1. The molecule has 1 atom stereocenters. The lowest BCUT2D eigenvalue weighted by molar-refractivity contribution is -0.0328. The van der Waals surface area contributed by atoms with E-state index in [-0.39, 0.29) is 30.2 Å². The van der Waals surface area contributed by atoms with Crippen molar-refractivity contribution in [2.45, 2.75) is 42.1 Å². The van der Waals surface area contributed by atoms with Crippen molar-refractivity contribution >= 4 is 24.2 Å². The quantitative estimate of drug-likeness (QED) is 0.360. The lowest BCUT2D eigenvalue weighted by Gasteiger charge is -2.36. The van der Waals surface area contributed by atoms with Crippen molar-refractivity contribution in [1.82, 2.24) is 10.2 Å². The number of allylic oxidation sites excluding steroid dienone is 1. The second-order valence-electron chi connectivity index (χ2n) is 5.96. The molecule has 1 saturated heterocycles. The molecule has 1 aromatic carbocycles. The van der Waals surface area contributed by atoms with Gasteiger partial charge in [0.2, 0.25) is 0 Å². The monoisotopic (exact) mass is 394 g/mol. The third kappa shape index (κ3) is 7.60. The lowest BCUT2D eigenvalue weighted by Crippen LogP contribution is -2.45. The van der Waals surface area contributed by atoms with E-state index >= 15 is 0 Å². The van der Waals surface area contributed by atoms with Crippen LogP contribution in [0.25, 0.3) is 0 Å². The maximum Gasteiger partial charge on any atom is 0.446 e. The van der Waals surface area contributed by atoms with Gasteiger partial charge in [-0.3, -0.25) is 4.90 Å². The summed E-state index contributed by atoms with van der Waals surface area (Å²) in [6.07, 6.45) is 5.75. The molecule has 1 N–H and O–H groups in total. The third-order valence-electron chi connectivity index (χ3n) is 4.23. The van der Waals surface area contributed by atoms with Crippen LogP contribution in [-0.4, -0.2) is 36.6 Å². The molecular formula is C18H26ClF3N2S. The van der Waals surface area contributed by atoms with Gasteiger partial charge in [-0.15, -0.1) is 19.0 Å². The Morgan fingerprint density at radius 1 is 1.20 bits per heavy atom. The minimum Gasteiger partial charge on any atom is -0.314 e. The fourth-order valence-electron chi connectivity index (χ4n) is 3.13. The zero-order valence-electron chi connectivity index (χ0n) is 14.2. The number of benzene rings is 1. The van der Waals surface area contributed by atoms with Gasteiger partial charge in [0, 0.05) is 37.1 Å². The van der Waals surface area contributed by atoms with Crippen molar-refractivity contribution < 1.29 is 13.2 Å². The smallest absolute Gasteiger partial charge is 0.314 e. The number of thioether (sulfide) groups is 1. The third-order valence-corrected chi connectivity index (χ3v) is 5.06. The predicted molar refractivity (Wildman–Crippen MR) is 101 cm³/mol. The molecular weight excluding hydrogens is 369 g/mol. The van der Waals surface area contributed by atoms with Gasteiger partial charge in [0.25, 0.3) is 0 Å². The summed E-state index contributed by atoms with van der Waals surface area (Å²) in [5.74, 6) is 0. The highest BCUT2D eigenvalue weighted by Gasteiger charge is 2.32. The molecule has 2 rings (SSSR count). The Kier molecular flexibility index (Phi) is 9.94. The van der Waals surface area contributed by atoms with Gasteiger partial charge in [-0.25, -0.2) is 0 Å². The molecule has 0 aromatic heterocycles. The molecule has 0 amide bonds. The molecule has 0 radical (unpaired) electrons. The maximum absolute atomic E-state index is 12.9. The van der Waals surface area contributed by atoms with Gasteiger partial charge >= 0.3 is 5.51 Å². The Balaban J connectivity index is 0.00000312. The molecule has 0 bridgehead atoms. The molecule has 0 unspecified atom stereocenters. The average molecular weight is 395 g/mol. The topological polar surface area (TPSA) is 15.3 Å². The molecule has 1 aliphatic rings. The summed E-state index contributed by atoms with van der Waals surface area (Å²) in [6.45, 7) is 7.25. The summed E-state index contributed by atoms with van der Waals surface area (Å²) in [4.78, 5) is 2.65. The molecule has 142 valence electrons. The number of nitrogens with one attached hydrogen (secondary N) is 1. The highest BCUT2D eigenvalue weighted by molar-refractivity contribution is 8.00. The first-order valence-corrected chi connectivity index (χ1v) is 9.23. The van der Waals surface area contributed by atoms with E-state index in [4.69, 9.17) is 0 Å². The van der Waals surface area contributed by atoms with Crippen molar-refractivity contribution in [2.24, 2.45) is 0 Å². The molecule has 2 nitrogen and oxygen atoms in total. The highest BCUT2D eigenvalue weighted by atomic mass is 35.5. The number of halogens is 4. The van der Waals surface area contributed by atoms with E-state index < -0.39 is 5.51 Å². The zero-order valence-corrected chi connectivity index (χ0v) is 15.9. The predicted octanol–water partition coefficient (Wildman–Crippen LogP) is 5.41. The number of rotatable bonds is 8. The first-order valence-electron chi connectivity index (χ1n) is 8.41. The number of nitrogens with zero attached hydrogens (tertiary/aromatic N) is 1.